The molecule has 0 radical (unpaired) electrons. The van der Waals surface area contributed by atoms with Gasteiger partial charge >= 0.3 is 0 Å². The molecule has 0 atom stereocenters. The van der Waals surface area contributed by atoms with Gasteiger partial charge in [-0.05, 0) is 57.6 Å². The van der Waals surface area contributed by atoms with Crippen molar-refractivity contribution in [3.8, 4) is 16.9 Å². The van der Waals surface area contributed by atoms with Crippen LogP contribution in [0.2, 0.25) is 0 Å². The summed E-state index contributed by atoms with van der Waals surface area (Å²) in [5, 5.41) is 8.18. The minimum absolute atomic E-state index is 0.00397. The van der Waals surface area contributed by atoms with Crippen molar-refractivity contribution in [2.45, 2.75) is 38.4 Å². The maximum absolute atomic E-state index is 13.9. The Kier molecular flexibility index (Phi) is 6.51. The van der Waals surface area contributed by atoms with Crippen molar-refractivity contribution in [2.24, 2.45) is 0 Å². The van der Waals surface area contributed by atoms with Crippen LogP contribution in [0, 0.1) is 0 Å². The number of pyridine rings is 1. The number of fused-ring (bicyclic) bond motifs is 1. The summed E-state index contributed by atoms with van der Waals surface area (Å²) in [4.78, 5) is 22.5. The van der Waals surface area contributed by atoms with Crippen molar-refractivity contribution in [3.05, 3.63) is 78.2 Å². The average Bonchev–Trinajstić information content (AvgIpc) is 3.32. The van der Waals surface area contributed by atoms with Gasteiger partial charge in [-0.15, -0.1) is 0 Å². The summed E-state index contributed by atoms with van der Waals surface area (Å²) in [6.07, 6.45) is 7.28. The minimum Gasteiger partial charge on any atom is -0.493 e. The van der Waals surface area contributed by atoms with E-state index in [0.717, 1.165) is 46.2 Å². The van der Waals surface area contributed by atoms with E-state index in [-0.39, 0.29) is 11.9 Å². The molecule has 1 aliphatic carbocycles. The Morgan fingerprint density at radius 2 is 1.86 bits per heavy atom. The number of carbonyl (C=O) groups excluding carboxylic acids is 1. The Morgan fingerprint density at radius 3 is 2.60 bits per heavy atom. The van der Waals surface area contributed by atoms with Crippen LogP contribution in [-0.4, -0.2) is 63.7 Å². The van der Waals surface area contributed by atoms with E-state index in [1.807, 2.05) is 54.4 Å². The quantitative estimate of drug-likeness (QED) is 0.403. The van der Waals surface area contributed by atoms with Crippen molar-refractivity contribution in [1.82, 2.24) is 25.0 Å². The van der Waals surface area contributed by atoms with E-state index in [2.05, 4.69) is 46.3 Å². The van der Waals surface area contributed by atoms with Crippen LogP contribution in [0.3, 0.4) is 0 Å². The van der Waals surface area contributed by atoms with Gasteiger partial charge in [0.05, 0.1) is 18.3 Å². The monoisotopic (exact) mass is 469 g/mol. The van der Waals surface area contributed by atoms with E-state index in [0.29, 0.717) is 24.8 Å². The van der Waals surface area contributed by atoms with Crippen molar-refractivity contribution in [2.75, 3.05) is 20.7 Å². The van der Waals surface area contributed by atoms with Crippen LogP contribution in [-0.2, 0) is 6.54 Å². The number of rotatable bonds is 8. The molecular weight excluding hydrogens is 438 g/mol. The van der Waals surface area contributed by atoms with Crippen molar-refractivity contribution in [3.63, 3.8) is 0 Å². The SMILES string of the molecule is CCOc1cc(C(=O)N(Cc2cncc3cn[nH]c23)C2CC(N(C)C)C2)ccc1-c1ccccc1. The number of benzene rings is 2. The van der Waals surface area contributed by atoms with E-state index in [4.69, 9.17) is 4.74 Å². The molecule has 1 N–H and O–H groups in total. The topological polar surface area (TPSA) is 74.3 Å². The van der Waals surface area contributed by atoms with Crippen LogP contribution in [0.25, 0.3) is 22.0 Å². The lowest BCUT2D eigenvalue weighted by Gasteiger charge is -2.45. The third kappa shape index (κ3) is 4.64. The number of nitrogens with one attached hydrogen (secondary N) is 1. The summed E-state index contributed by atoms with van der Waals surface area (Å²) in [5.41, 5.74) is 4.57. The molecule has 2 aromatic heterocycles. The summed E-state index contributed by atoms with van der Waals surface area (Å²) < 4.78 is 5.98. The first-order chi connectivity index (χ1) is 17.0. The molecule has 1 aliphatic rings. The molecule has 35 heavy (non-hydrogen) atoms. The van der Waals surface area contributed by atoms with Crippen LogP contribution in [0.4, 0.5) is 0 Å². The number of hydrogen-bond acceptors (Lipinski definition) is 5. The Bertz CT molecular complexity index is 1310. The van der Waals surface area contributed by atoms with Crippen molar-refractivity contribution < 1.29 is 9.53 Å². The van der Waals surface area contributed by atoms with E-state index in [1.54, 1.807) is 12.4 Å². The number of hydrogen-bond donors (Lipinski definition) is 1. The number of aromatic amines is 1. The number of nitrogens with zero attached hydrogens (tertiary/aromatic N) is 4. The van der Waals surface area contributed by atoms with Gasteiger partial charge in [-0.25, -0.2) is 0 Å². The standard InChI is InChI=1S/C28H31N5O2/c1-4-35-26-12-20(10-11-25(26)19-8-6-5-7-9-19)28(34)33(24-13-23(14-24)32(2)3)18-22-16-29-15-21-17-30-31-27(21)22/h5-12,15-17,23-24H,4,13-14,18H2,1-3H3,(H,30,31). The first kappa shape index (κ1) is 23.1. The number of carbonyl (C=O) groups is 1. The van der Waals surface area contributed by atoms with Gasteiger partial charge in [-0.2, -0.15) is 5.10 Å². The Labute approximate surface area is 205 Å². The van der Waals surface area contributed by atoms with Gasteiger partial charge in [0.1, 0.15) is 5.75 Å². The van der Waals surface area contributed by atoms with Gasteiger partial charge < -0.3 is 14.5 Å². The fourth-order valence-corrected chi connectivity index (χ4v) is 4.78. The summed E-state index contributed by atoms with van der Waals surface area (Å²) in [6, 6.07) is 16.6. The number of aromatic nitrogens is 3. The molecule has 7 nitrogen and oxygen atoms in total. The zero-order chi connectivity index (χ0) is 24.4. The van der Waals surface area contributed by atoms with Gasteiger partial charge in [-0.3, -0.25) is 14.9 Å². The van der Waals surface area contributed by atoms with Crippen LogP contribution < -0.4 is 4.74 Å². The molecule has 4 aromatic rings. The predicted octanol–water partition coefficient (Wildman–Crippen LogP) is 4.76. The molecule has 1 saturated carbocycles. The van der Waals surface area contributed by atoms with Crippen LogP contribution >= 0.6 is 0 Å². The molecule has 2 aromatic carbocycles. The van der Waals surface area contributed by atoms with E-state index >= 15 is 0 Å². The summed E-state index contributed by atoms with van der Waals surface area (Å²) in [7, 11) is 4.19. The first-order valence-electron chi connectivity index (χ1n) is 12.1. The van der Waals surface area contributed by atoms with Crippen LogP contribution in [0.1, 0.15) is 35.7 Å². The maximum Gasteiger partial charge on any atom is 0.254 e. The summed E-state index contributed by atoms with van der Waals surface area (Å²) in [6.45, 7) is 2.96. The third-order valence-electron chi connectivity index (χ3n) is 6.91. The van der Waals surface area contributed by atoms with Crippen molar-refractivity contribution >= 4 is 16.8 Å². The smallest absolute Gasteiger partial charge is 0.254 e. The van der Waals surface area contributed by atoms with Gasteiger partial charge in [0.25, 0.3) is 5.91 Å². The molecule has 0 bridgehead atoms. The van der Waals surface area contributed by atoms with Crippen LogP contribution in [0.5, 0.6) is 5.75 Å². The molecule has 5 rings (SSSR count). The summed E-state index contributed by atoms with van der Waals surface area (Å²) in [5.74, 6) is 0.728. The molecule has 7 heteroatoms. The molecule has 0 aliphatic heterocycles. The van der Waals surface area contributed by atoms with Gasteiger partial charge in [0.15, 0.2) is 0 Å². The zero-order valence-corrected chi connectivity index (χ0v) is 20.4. The van der Waals surface area contributed by atoms with E-state index in [1.165, 1.54) is 0 Å². The Morgan fingerprint density at radius 1 is 1.06 bits per heavy atom. The van der Waals surface area contributed by atoms with Gasteiger partial charge in [-0.1, -0.05) is 30.3 Å². The second-order valence-electron chi connectivity index (χ2n) is 9.32. The molecule has 2 heterocycles. The Balaban J connectivity index is 1.48. The number of H-pyrrole nitrogens is 1. The number of amides is 1. The summed E-state index contributed by atoms with van der Waals surface area (Å²) >= 11 is 0. The highest BCUT2D eigenvalue weighted by atomic mass is 16.5. The minimum atomic E-state index is 0.00397. The third-order valence-corrected chi connectivity index (χ3v) is 6.91. The highest BCUT2D eigenvalue weighted by molar-refractivity contribution is 5.96. The lowest BCUT2D eigenvalue weighted by Crippen LogP contribution is -2.53. The van der Waals surface area contributed by atoms with E-state index < -0.39 is 0 Å². The molecule has 0 spiro atoms. The second-order valence-corrected chi connectivity index (χ2v) is 9.32. The van der Waals surface area contributed by atoms with Crippen molar-refractivity contribution in [1.29, 1.82) is 0 Å². The lowest BCUT2D eigenvalue weighted by atomic mass is 9.84. The first-order valence-corrected chi connectivity index (χ1v) is 12.1. The fourth-order valence-electron chi connectivity index (χ4n) is 4.78. The van der Waals surface area contributed by atoms with Gasteiger partial charge in [0.2, 0.25) is 0 Å². The molecule has 0 saturated heterocycles. The molecular formula is C28H31N5O2. The lowest BCUT2D eigenvalue weighted by molar-refractivity contribution is 0.0343. The largest absolute Gasteiger partial charge is 0.493 e. The zero-order valence-electron chi connectivity index (χ0n) is 20.4. The molecule has 180 valence electrons. The number of ether oxygens (including phenoxy) is 1. The molecule has 1 amide bonds. The Hall–Kier alpha value is -3.71. The van der Waals surface area contributed by atoms with Crippen LogP contribution in [0.15, 0.2) is 67.1 Å². The van der Waals surface area contributed by atoms with Gasteiger partial charge in [0, 0.05) is 53.1 Å². The fraction of sp³-hybridized carbons (Fsp3) is 0.321. The second kappa shape index (κ2) is 9.88. The highest BCUT2D eigenvalue weighted by Crippen LogP contribution is 2.35. The normalized spacial score (nSPS) is 17.4. The predicted molar refractivity (Wildman–Crippen MR) is 137 cm³/mol. The molecule has 0 unspecified atom stereocenters. The average molecular weight is 470 g/mol. The van der Waals surface area contributed by atoms with E-state index in [9.17, 15) is 4.79 Å². The highest BCUT2D eigenvalue weighted by Gasteiger charge is 2.37. The molecule has 1 fully saturated rings. The maximum atomic E-state index is 13.9.